The summed E-state index contributed by atoms with van der Waals surface area (Å²) in [6.45, 7) is 2.90. The van der Waals surface area contributed by atoms with Crippen LogP contribution in [0.4, 0.5) is 0 Å². The van der Waals surface area contributed by atoms with Gasteiger partial charge in [-0.25, -0.2) is 4.98 Å². The highest BCUT2D eigenvalue weighted by atomic mass is 32.1. The van der Waals surface area contributed by atoms with Crippen molar-refractivity contribution in [2.75, 3.05) is 26.7 Å². The van der Waals surface area contributed by atoms with E-state index in [2.05, 4.69) is 10.3 Å². The molecule has 1 atom stereocenters. The van der Waals surface area contributed by atoms with E-state index in [4.69, 9.17) is 4.74 Å². The van der Waals surface area contributed by atoms with Crippen molar-refractivity contribution < 1.29 is 9.53 Å². The minimum Gasteiger partial charge on any atom is -0.375 e. The zero-order chi connectivity index (χ0) is 12.1. The molecule has 17 heavy (non-hydrogen) atoms. The number of hydrogen-bond acceptors (Lipinski definition) is 5. The number of morpholine rings is 1. The van der Waals surface area contributed by atoms with Crippen LogP contribution >= 0.6 is 11.3 Å². The minimum absolute atomic E-state index is 0.00925. The van der Waals surface area contributed by atoms with Crippen molar-refractivity contribution in [3.05, 3.63) is 16.6 Å². The number of hydrogen-bond donors (Lipinski definition) is 1. The summed E-state index contributed by atoms with van der Waals surface area (Å²) in [5.41, 5.74) is 0. The SMILES string of the molecule is CN(Cc1nccs1)C(=O)C[C@H]1CNCCO1. The summed E-state index contributed by atoms with van der Waals surface area (Å²) in [6, 6.07) is 0. The first-order chi connectivity index (χ1) is 8.25. The van der Waals surface area contributed by atoms with E-state index in [-0.39, 0.29) is 12.0 Å². The molecule has 1 amide bonds. The number of amides is 1. The third kappa shape index (κ3) is 3.76. The topological polar surface area (TPSA) is 54.5 Å². The minimum atomic E-state index is 0.00925. The largest absolute Gasteiger partial charge is 0.375 e. The predicted octanol–water partition coefficient (Wildman–Crippen LogP) is 0.480. The zero-order valence-electron chi connectivity index (χ0n) is 9.89. The van der Waals surface area contributed by atoms with Crippen LogP contribution in [0.3, 0.4) is 0 Å². The van der Waals surface area contributed by atoms with Gasteiger partial charge < -0.3 is 15.0 Å². The molecular formula is C11H17N3O2S. The molecule has 1 aliphatic rings. The van der Waals surface area contributed by atoms with Crippen molar-refractivity contribution in [1.82, 2.24) is 15.2 Å². The lowest BCUT2D eigenvalue weighted by atomic mass is 10.2. The molecular weight excluding hydrogens is 238 g/mol. The maximum Gasteiger partial charge on any atom is 0.225 e. The fourth-order valence-corrected chi connectivity index (χ4v) is 2.39. The van der Waals surface area contributed by atoms with E-state index in [1.54, 1.807) is 29.5 Å². The highest BCUT2D eigenvalue weighted by Gasteiger charge is 2.19. The first kappa shape index (κ1) is 12.5. The average Bonchev–Trinajstić information content (AvgIpc) is 2.83. The molecule has 1 N–H and O–H groups in total. The van der Waals surface area contributed by atoms with Crippen LogP contribution in [-0.2, 0) is 16.1 Å². The number of rotatable bonds is 4. The molecule has 0 bridgehead atoms. The summed E-state index contributed by atoms with van der Waals surface area (Å²) in [5.74, 6) is 0.105. The molecule has 0 unspecified atom stereocenters. The second-order valence-corrected chi connectivity index (χ2v) is 5.06. The second-order valence-electron chi connectivity index (χ2n) is 4.08. The molecule has 0 aromatic carbocycles. The first-order valence-corrected chi connectivity index (χ1v) is 6.58. The molecule has 1 aliphatic heterocycles. The zero-order valence-corrected chi connectivity index (χ0v) is 10.7. The van der Waals surface area contributed by atoms with Gasteiger partial charge in [0.2, 0.25) is 5.91 Å². The van der Waals surface area contributed by atoms with Gasteiger partial charge in [-0.05, 0) is 0 Å². The Morgan fingerprint density at radius 1 is 1.76 bits per heavy atom. The van der Waals surface area contributed by atoms with Crippen LogP contribution in [0.1, 0.15) is 11.4 Å². The Morgan fingerprint density at radius 3 is 3.29 bits per heavy atom. The molecule has 2 rings (SSSR count). The van der Waals surface area contributed by atoms with Crippen LogP contribution in [0.5, 0.6) is 0 Å². The molecule has 0 saturated carbocycles. The summed E-state index contributed by atoms with van der Waals surface area (Å²) in [7, 11) is 1.81. The summed E-state index contributed by atoms with van der Waals surface area (Å²) in [4.78, 5) is 17.8. The number of ether oxygens (including phenoxy) is 1. The Kier molecular flexibility index (Phi) is 4.47. The number of carbonyl (C=O) groups is 1. The van der Waals surface area contributed by atoms with Crippen LogP contribution in [0, 0.1) is 0 Å². The maximum absolute atomic E-state index is 11.9. The van der Waals surface area contributed by atoms with E-state index >= 15 is 0 Å². The van der Waals surface area contributed by atoms with Crippen LogP contribution in [0.15, 0.2) is 11.6 Å². The van der Waals surface area contributed by atoms with Gasteiger partial charge in [-0.2, -0.15) is 0 Å². The Bertz CT molecular complexity index is 350. The fourth-order valence-electron chi connectivity index (χ4n) is 1.72. The Balaban J connectivity index is 1.78. The molecule has 2 heterocycles. The number of thiazole rings is 1. The van der Waals surface area contributed by atoms with Crippen molar-refractivity contribution in [2.45, 2.75) is 19.1 Å². The number of nitrogens with zero attached hydrogens (tertiary/aromatic N) is 2. The molecule has 5 nitrogen and oxygen atoms in total. The molecule has 1 saturated heterocycles. The van der Waals surface area contributed by atoms with Gasteiger partial charge in [0.25, 0.3) is 0 Å². The third-order valence-electron chi connectivity index (χ3n) is 2.69. The highest BCUT2D eigenvalue weighted by molar-refractivity contribution is 7.09. The molecule has 6 heteroatoms. The molecule has 1 aromatic heterocycles. The van der Waals surface area contributed by atoms with E-state index in [9.17, 15) is 4.79 Å². The van der Waals surface area contributed by atoms with Crippen LogP contribution in [0.25, 0.3) is 0 Å². The van der Waals surface area contributed by atoms with Gasteiger partial charge in [0.15, 0.2) is 0 Å². The Hall–Kier alpha value is -0.980. The molecule has 0 spiro atoms. The summed E-state index contributed by atoms with van der Waals surface area (Å²) in [6.07, 6.45) is 2.21. The van der Waals surface area contributed by atoms with Gasteiger partial charge in [0, 0.05) is 31.7 Å². The summed E-state index contributed by atoms with van der Waals surface area (Å²) in [5, 5.41) is 6.10. The van der Waals surface area contributed by atoms with Crippen molar-refractivity contribution in [1.29, 1.82) is 0 Å². The van der Waals surface area contributed by atoms with E-state index in [0.717, 1.165) is 18.1 Å². The molecule has 94 valence electrons. The van der Waals surface area contributed by atoms with Crippen molar-refractivity contribution >= 4 is 17.2 Å². The first-order valence-electron chi connectivity index (χ1n) is 5.70. The average molecular weight is 255 g/mol. The third-order valence-corrected chi connectivity index (χ3v) is 3.45. The lowest BCUT2D eigenvalue weighted by molar-refractivity contribution is -0.133. The van der Waals surface area contributed by atoms with Crippen LogP contribution in [-0.4, -0.2) is 48.6 Å². The Labute approximate surface area is 105 Å². The Morgan fingerprint density at radius 2 is 2.65 bits per heavy atom. The molecule has 1 aromatic rings. The van der Waals surface area contributed by atoms with Crippen molar-refractivity contribution in [3.8, 4) is 0 Å². The van der Waals surface area contributed by atoms with E-state index < -0.39 is 0 Å². The van der Waals surface area contributed by atoms with Crippen molar-refractivity contribution in [2.24, 2.45) is 0 Å². The van der Waals surface area contributed by atoms with E-state index in [0.29, 0.717) is 19.6 Å². The smallest absolute Gasteiger partial charge is 0.225 e. The van der Waals surface area contributed by atoms with Crippen LogP contribution < -0.4 is 5.32 Å². The quantitative estimate of drug-likeness (QED) is 0.850. The van der Waals surface area contributed by atoms with Crippen LogP contribution in [0.2, 0.25) is 0 Å². The lowest BCUT2D eigenvalue weighted by Gasteiger charge is -2.25. The summed E-state index contributed by atoms with van der Waals surface area (Å²) >= 11 is 1.57. The van der Waals surface area contributed by atoms with Gasteiger partial charge in [-0.3, -0.25) is 4.79 Å². The molecule has 0 radical (unpaired) electrons. The molecule has 0 aliphatic carbocycles. The summed E-state index contributed by atoms with van der Waals surface area (Å²) < 4.78 is 5.51. The normalized spacial score (nSPS) is 20.2. The van der Waals surface area contributed by atoms with Gasteiger partial charge >= 0.3 is 0 Å². The number of carbonyl (C=O) groups excluding carboxylic acids is 1. The van der Waals surface area contributed by atoms with E-state index in [1.807, 2.05) is 5.38 Å². The second kappa shape index (κ2) is 6.09. The molecule has 1 fully saturated rings. The fraction of sp³-hybridized carbons (Fsp3) is 0.636. The number of aromatic nitrogens is 1. The van der Waals surface area contributed by atoms with E-state index in [1.165, 1.54) is 0 Å². The van der Waals surface area contributed by atoms with Crippen molar-refractivity contribution in [3.63, 3.8) is 0 Å². The highest BCUT2D eigenvalue weighted by Crippen LogP contribution is 2.09. The van der Waals surface area contributed by atoms with Gasteiger partial charge in [0.05, 0.1) is 25.7 Å². The van der Waals surface area contributed by atoms with Gasteiger partial charge in [-0.15, -0.1) is 11.3 Å². The van der Waals surface area contributed by atoms with Gasteiger partial charge in [0.1, 0.15) is 5.01 Å². The number of nitrogens with one attached hydrogen (secondary N) is 1. The predicted molar refractivity (Wildman–Crippen MR) is 65.8 cm³/mol. The standard InChI is InChI=1S/C11H17N3O2S/c1-14(8-10-13-3-5-17-10)11(15)6-9-7-12-2-4-16-9/h3,5,9,12H,2,4,6-8H2,1H3/t9-/m0/s1. The lowest BCUT2D eigenvalue weighted by Crippen LogP contribution is -2.41. The maximum atomic E-state index is 11.9. The monoisotopic (exact) mass is 255 g/mol. The van der Waals surface area contributed by atoms with Gasteiger partial charge in [-0.1, -0.05) is 0 Å².